The number of amides is 1. The molecule has 7 atom stereocenters. The Hall–Kier alpha value is -1.85. The van der Waals surface area contributed by atoms with Crippen LogP contribution < -0.4 is 5.32 Å². The van der Waals surface area contributed by atoms with Gasteiger partial charge >= 0.3 is 0 Å². The molecule has 68 heavy (non-hydrogen) atoms. The van der Waals surface area contributed by atoms with Gasteiger partial charge in [0.2, 0.25) is 5.91 Å². The summed E-state index contributed by atoms with van der Waals surface area (Å²) in [5.41, 5.74) is 0. The third kappa shape index (κ3) is 37.9. The predicted molar refractivity (Wildman–Crippen MR) is 286 cm³/mol. The van der Waals surface area contributed by atoms with Crippen LogP contribution in [0, 0.1) is 0 Å². The summed E-state index contributed by atoms with van der Waals surface area (Å²) < 4.78 is 11.2. The molecule has 9 heteroatoms. The van der Waals surface area contributed by atoms with E-state index in [2.05, 4.69) is 55.6 Å². The van der Waals surface area contributed by atoms with Crippen LogP contribution in [0.4, 0.5) is 0 Å². The maximum Gasteiger partial charge on any atom is 0.220 e. The summed E-state index contributed by atoms with van der Waals surface area (Å²) in [6, 6.07) is -0.820. The van der Waals surface area contributed by atoms with Crippen LogP contribution in [0.2, 0.25) is 0 Å². The van der Waals surface area contributed by atoms with Crippen LogP contribution in [0.5, 0.6) is 0 Å². The molecule has 0 bridgehead atoms. The maximum atomic E-state index is 13.0. The molecule has 0 aromatic heterocycles. The topological polar surface area (TPSA) is 149 Å². The van der Waals surface area contributed by atoms with Gasteiger partial charge in [0.15, 0.2) is 6.29 Å². The number of carbonyl (C=O) groups is 1. The molecule has 9 nitrogen and oxygen atoms in total. The summed E-state index contributed by atoms with van der Waals surface area (Å²) >= 11 is 0. The van der Waals surface area contributed by atoms with E-state index in [0.29, 0.717) is 6.42 Å². The minimum Gasteiger partial charge on any atom is -0.394 e. The van der Waals surface area contributed by atoms with Gasteiger partial charge in [-0.05, 0) is 64.2 Å². The molecule has 0 radical (unpaired) electrons. The largest absolute Gasteiger partial charge is 0.394 e. The normalized spacial score (nSPS) is 19.9. The van der Waals surface area contributed by atoms with Crippen LogP contribution in [-0.4, -0.2) is 87.5 Å². The SMILES string of the molecule is CCCCCCC/C=C\C/C=C\CCCCCCCCCCCCCCCCCCCCCC(=O)NC(COC1OC(CO)C(O)C(O)C1O)C(O)/C=C/CC/C=C/CCCCCCCCCC. The Labute approximate surface area is 418 Å². The molecule has 1 saturated heterocycles. The van der Waals surface area contributed by atoms with Crippen molar-refractivity contribution in [1.29, 1.82) is 0 Å². The zero-order chi connectivity index (χ0) is 49.4. The lowest BCUT2D eigenvalue weighted by Gasteiger charge is -2.40. The highest BCUT2D eigenvalue weighted by atomic mass is 16.7. The van der Waals surface area contributed by atoms with Gasteiger partial charge in [0, 0.05) is 6.42 Å². The molecule has 1 amide bonds. The summed E-state index contributed by atoms with van der Waals surface area (Å²) in [4.78, 5) is 13.0. The molecule has 0 aromatic carbocycles. The van der Waals surface area contributed by atoms with Gasteiger partial charge in [-0.25, -0.2) is 0 Å². The van der Waals surface area contributed by atoms with E-state index in [1.54, 1.807) is 6.08 Å². The van der Waals surface area contributed by atoms with Crippen molar-refractivity contribution in [3.05, 3.63) is 48.6 Å². The number of hydrogen-bond acceptors (Lipinski definition) is 8. The van der Waals surface area contributed by atoms with Gasteiger partial charge in [-0.1, -0.05) is 242 Å². The molecule has 1 heterocycles. The zero-order valence-corrected chi connectivity index (χ0v) is 44.1. The molecule has 1 fully saturated rings. The Bertz CT molecular complexity index is 1210. The summed E-state index contributed by atoms with van der Waals surface area (Å²) in [6.07, 6.45) is 57.6. The second-order valence-corrected chi connectivity index (χ2v) is 20.1. The molecule has 1 aliphatic heterocycles. The number of unbranched alkanes of at least 4 members (excludes halogenated alkanes) is 33. The van der Waals surface area contributed by atoms with Crippen LogP contribution >= 0.6 is 0 Å². The number of allylic oxidation sites excluding steroid dienone is 7. The van der Waals surface area contributed by atoms with Crippen molar-refractivity contribution in [2.24, 2.45) is 0 Å². The van der Waals surface area contributed by atoms with Crippen LogP contribution in [0.15, 0.2) is 48.6 Å². The second kappa shape index (κ2) is 48.8. The van der Waals surface area contributed by atoms with E-state index in [1.807, 2.05) is 6.08 Å². The number of hydrogen-bond donors (Lipinski definition) is 6. The smallest absolute Gasteiger partial charge is 0.220 e. The van der Waals surface area contributed by atoms with Gasteiger partial charge in [-0.2, -0.15) is 0 Å². The van der Waals surface area contributed by atoms with Gasteiger partial charge in [0.1, 0.15) is 24.4 Å². The Morgan fingerprint density at radius 1 is 0.500 bits per heavy atom. The molecule has 398 valence electrons. The Morgan fingerprint density at radius 2 is 0.882 bits per heavy atom. The van der Waals surface area contributed by atoms with E-state index in [4.69, 9.17) is 9.47 Å². The monoisotopic (exact) mass is 960 g/mol. The fourth-order valence-corrected chi connectivity index (χ4v) is 9.03. The number of rotatable bonds is 49. The summed E-state index contributed by atoms with van der Waals surface area (Å²) in [5, 5.41) is 54.4. The minimum absolute atomic E-state index is 0.185. The molecule has 0 saturated carbocycles. The lowest BCUT2D eigenvalue weighted by atomic mass is 9.99. The molecule has 0 aliphatic carbocycles. The van der Waals surface area contributed by atoms with Crippen molar-refractivity contribution < 1.29 is 39.8 Å². The molecule has 0 aromatic rings. The quantitative estimate of drug-likeness (QED) is 0.0261. The molecule has 0 spiro atoms. The molecule has 1 aliphatic rings. The fourth-order valence-electron chi connectivity index (χ4n) is 9.03. The van der Waals surface area contributed by atoms with E-state index in [-0.39, 0.29) is 12.5 Å². The first-order valence-corrected chi connectivity index (χ1v) is 28.9. The van der Waals surface area contributed by atoms with Gasteiger partial charge in [0.05, 0.1) is 25.4 Å². The third-order valence-corrected chi connectivity index (χ3v) is 13.6. The van der Waals surface area contributed by atoms with Crippen LogP contribution in [0.25, 0.3) is 0 Å². The third-order valence-electron chi connectivity index (χ3n) is 13.6. The first-order chi connectivity index (χ1) is 33.3. The van der Waals surface area contributed by atoms with Crippen molar-refractivity contribution in [3.63, 3.8) is 0 Å². The second-order valence-electron chi connectivity index (χ2n) is 20.1. The number of ether oxygens (including phenoxy) is 2. The lowest BCUT2D eigenvalue weighted by molar-refractivity contribution is -0.302. The van der Waals surface area contributed by atoms with Crippen LogP contribution in [0.3, 0.4) is 0 Å². The number of carbonyl (C=O) groups excluding carboxylic acids is 1. The van der Waals surface area contributed by atoms with Crippen LogP contribution in [0.1, 0.15) is 264 Å². The van der Waals surface area contributed by atoms with Gasteiger partial charge in [-0.15, -0.1) is 0 Å². The first-order valence-electron chi connectivity index (χ1n) is 28.9. The van der Waals surface area contributed by atoms with Crippen molar-refractivity contribution >= 4 is 5.91 Å². The van der Waals surface area contributed by atoms with E-state index < -0.39 is 49.5 Å². The number of aliphatic hydroxyl groups is 5. The predicted octanol–water partition coefficient (Wildman–Crippen LogP) is 14.1. The van der Waals surface area contributed by atoms with Crippen LogP contribution in [-0.2, 0) is 14.3 Å². The first kappa shape index (κ1) is 64.2. The van der Waals surface area contributed by atoms with E-state index in [9.17, 15) is 30.3 Å². The number of aliphatic hydroxyl groups excluding tert-OH is 5. The van der Waals surface area contributed by atoms with E-state index in [1.165, 1.54) is 199 Å². The highest BCUT2D eigenvalue weighted by molar-refractivity contribution is 5.76. The van der Waals surface area contributed by atoms with Gasteiger partial charge in [-0.3, -0.25) is 4.79 Å². The zero-order valence-electron chi connectivity index (χ0n) is 44.1. The Morgan fingerprint density at radius 3 is 1.32 bits per heavy atom. The molecular weight excluding hydrogens is 851 g/mol. The van der Waals surface area contributed by atoms with Crippen molar-refractivity contribution in [1.82, 2.24) is 5.32 Å². The lowest BCUT2D eigenvalue weighted by Crippen LogP contribution is -2.60. The Kier molecular flexibility index (Phi) is 46.0. The highest BCUT2D eigenvalue weighted by Crippen LogP contribution is 2.23. The molecular formula is C59H109NO8. The van der Waals surface area contributed by atoms with Gasteiger partial charge < -0.3 is 40.3 Å². The molecule has 6 N–H and O–H groups in total. The van der Waals surface area contributed by atoms with Crippen molar-refractivity contribution in [3.8, 4) is 0 Å². The number of nitrogens with one attached hydrogen (secondary N) is 1. The molecule has 1 rings (SSSR count). The maximum absolute atomic E-state index is 13.0. The van der Waals surface area contributed by atoms with Crippen molar-refractivity contribution in [2.45, 2.75) is 307 Å². The molecule has 7 unspecified atom stereocenters. The van der Waals surface area contributed by atoms with E-state index in [0.717, 1.165) is 44.9 Å². The summed E-state index contributed by atoms with van der Waals surface area (Å²) in [5.74, 6) is -0.185. The average molecular weight is 961 g/mol. The van der Waals surface area contributed by atoms with Gasteiger partial charge in [0.25, 0.3) is 0 Å². The highest BCUT2D eigenvalue weighted by Gasteiger charge is 2.44. The Balaban J connectivity index is 2.15. The standard InChI is InChI=1S/C59H109NO8/c1-3-5-7-9-11-13-15-17-19-20-21-22-23-24-25-26-27-28-29-30-31-32-33-34-35-37-39-41-43-45-47-49-55(63)60-52(51-67-59-58(66)57(65)56(64)54(50-61)68-59)53(62)48-46-44-42-40-38-36-18-16-14-12-10-8-6-4-2/h15,17,20-21,38,40,46,48,52-54,56-59,61-62,64-66H,3-14,16,18-19,22-37,39,41-45,47,49-51H2,1-2H3,(H,60,63)/b17-15-,21-20-,40-38+,48-46+. The van der Waals surface area contributed by atoms with Crippen molar-refractivity contribution in [2.75, 3.05) is 13.2 Å². The summed E-state index contributed by atoms with van der Waals surface area (Å²) in [6.45, 7) is 3.76. The average Bonchev–Trinajstić information content (AvgIpc) is 3.34. The van der Waals surface area contributed by atoms with E-state index >= 15 is 0 Å². The fraction of sp³-hybridized carbons (Fsp3) is 0.847. The summed E-state index contributed by atoms with van der Waals surface area (Å²) in [7, 11) is 0. The minimum atomic E-state index is -1.57.